The Hall–Kier alpha value is -3.46. The Morgan fingerprint density at radius 3 is 2.60 bits per heavy atom. The lowest BCUT2D eigenvalue weighted by atomic mass is 10.0. The van der Waals surface area contributed by atoms with Gasteiger partial charge in [-0.3, -0.25) is 10.2 Å². The summed E-state index contributed by atoms with van der Waals surface area (Å²) in [6, 6.07) is 5.36. The Balaban J connectivity index is 0.000000367. The van der Waals surface area contributed by atoms with E-state index in [1.165, 1.54) is 31.7 Å². The van der Waals surface area contributed by atoms with Crippen molar-refractivity contribution in [1.82, 2.24) is 15.0 Å². The van der Waals surface area contributed by atoms with Crippen molar-refractivity contribution in [1.29, 1.82) is 5.41 Å². The first-order valence-electron chi connectivity index (χ1n) is 9.72. The third kappa shape index (κ3) is 4.74. The topological polar surface area (TPSA) is 139 Å². The molecule has 30 heavy (non-hydrogen) atoms. The highest BCUT2D eigenvalue weighted by Crippen LogP contribution is 2.24. The lowest BCUT2D eigenvalue weighted by Crippen LogP contribution is -2.12. The zero-order valence-corrected chi connectivity index (χ0v) is 17.1. The summed E-state index contributed by atoms with van der Waals surface area (Å²) >= 11 is 0. The van der Waals surface area contributed by atoms with Crippen LogP contribution in [0.1, 0.15) is 40.9 Å². The van der Waals surface area contributed by atoms with Crippen molar-refractivity contribution in [3.05, 3.63) is 47.4 Å². The SMILES string of the molecule is C1CCOCC1.CNc1ccc(OC)cc1C(=N)c1cnc2[nH]cc(C(N)=O)c2n1. The molecule has 3 aromatic rings. The lowest BCUT2D eigenvalue weighted by Gasteiger charge is -2.12. The molecule has 0 saturated carbocycles. The van der Waals surface area contributed by atoms with Gasteiger partial charge < -0.3 is 25.5 Å². The number of benzene rings is 1. The Bertz CT molecular complexity index is 1030. The van der Waals surface area contributed by atoms with Gasteiger partial charge in [0.1, 0.15) is 17.0 Å². The summed E-state index contributed by atoms with van der Waals surface area (Å²) < 4.78 is 10.3. The number of amides is 1. The third-order valence-electron chi connectivity index (χ3n) is 4.75. The van der Waals surface area contributed by atoms with Gasteiger partial charge >= 0.3 is 0 Å². The number of carbonyl (C=O) groups is 1. The van der Waals surface area contributed by atoms with Gasteiger partial charge in [0.2, 0.25) is 0 Å². The van der Waals surface area contributed by atoms with Crippen molar-refractivity contribution in [2.75, 3.05) is 32.7 Å². The van der Waals surface area contributed by atoms with E-state index in [0.29, 0.717) is 28.2 Å². The van der Waals surface area contributed by atoms with Gasteiger partial charge in [-0.2, -0.15) is 0 Å². The van der Waals surface area contributed by atoms with Crippen LogP contribution in [0.4, 0.5) is 5.69 Å². The highest BCUT2D eigenvalue weighted by Gasteiger charge is 2.16. The van der Waals surface area contributed by atoms with Crippen LogP contribution in [0.15, 0.2) is 30.6 Å². The molecule has 5 N–H and O–H groups in total. The number of hydrogen-bond donors (Lipinski definition) is 4. The summed E-state index contributed by atoms with van der Waals surface area (Å²) in [5, 5.41) is 11.5. The van der Waals surface area contributed by atoms with Crippen molar-refractivity contribution in [3.63, 3.8) is 0 Å². The van der Waals surface area contributed by atoms with Gasteiger partial charge in [-0.1, -0.05) is 0 Å². The predicted octanol–water partition coefficient (Wildman–Crippen LogP) is 2.71. The zero-order valence-electron chi connectivity index (χ0n) is 17.1. The van der Waals surface area contributed by atoms with E-state index < -0.39 is 5.91 Å². The molecule has 1 amide bonds. The van der Waals surface area contributed by atoms with E-state index in [1.807, 2.05) is 6.07 Å². The van der Waals surface area contributed by atoms with Crippen molar-refractivity contribution in [3.8, 4) is 5.75 Å². The molecule has 0 aliphatic carbocycles. The molecule has 0 unspecified atom stereocenters. The summed E-state index contributed by atoms with van der Waals surface area (Å²) in [5.41, 5.74) is 8.22. The highest BCUT2D eigenvalue weighted by atomic mass is 16.5. The number of nitrogens with two attached hydrogens (primary N) is 1. The first-order valence-corrected chi connectivity index (χ1v) is 9.72. The lowest BCUT2D eigenvalue weighted by molar-refractivity contribution is 0.0968. The van der Waals surface area contributed by atoms with Crippen LogP contribution in [0, 0.1) is 5.41 Å². The Labute approximate surface area is 174 Å². The molecule has 1 aliphatic rings. The molecule has 0 spiro atoms. The number of nitrogens with one attached hydrogen (secondary N) is 3. The largest absolute Gasteiger partial charge is 0.497 e. The second-order valence-electron chi connectivity index (χ2n) is 6.73. The average Bonchev–Trinajstić information content (AvgIpc) is 3.23. The number of H-pyrrole nitrogens is 1. The first-order chi connectivity index (χ1) is 14.5. The highest BCUT2D eigenvalue weighted by molar-refractivity contribution is 6.14. The molecule has 0 bridgehead atoms. The molecular weight excluding hydrogens is 384 g/mol. The number of methoxy groups -OCH3 is 1. The summed E-state index contributed by atoms with van der Waals surface area (Å²) in [6.45, 7) is 2.00. The second-order valence-corrected chi connectivity index (χ2v) is 6.73. The number of aromatic nitrogens is 3. The minimum absolute atomic E-state index is 0.157. The predicted molar refractivity (Wildman–Crippen MR) is 116 cm³/mol. The molecule has 0 atom stereocenters. The average molecular weight is 410 g/mol. The van der Waals surface area contributed by atoms with Gasteiger partial charge in [0.15, 0.2) is 5.65 Å². The van der Waals surface area contributed by atoms with Gasteiger partial charge in [-0.15, -0.1) is 0 Å². The molecule has 9 nitrogen and oxygen atoms in total. The van der Waals surface area contributed by atoms with Gasteiger partial charge in [0, 0.05) is 37.7 Å². The van der Waals surface area contributed by atoms with Crippen molar-refractivity contribution >= 4 is 28.5 Å². The zero-order chi connectivity index (χ0) is 21.5. The van der Waals surface area contributed by atoms with Crippen molar-refractivity contribution in [2.45, 2.75) is 19.3 Å². The Kier molecular flexibility index (Phi) is 6.97. The normalized spacial score (nSPS) is 13.3. The molecule has 1 fully saturated rings. The number of fused-ring (bicyclic) bond motifs is 1. The van der Waals surface area contributed by atoms with E-state index in [2.05, 4.69) is 20.3 Å². The van der Waals surface area contributed by atoms with Gasteiger partial charge in [0.25, 0.3) is 5.91 Å². The monoisotopic (exact) mass is 410 g/mol. The van der Waals surface area contributed by atoms with E-state index >= 15 is 0 Å². The summed E-state index contributed by atoms with van der Waals surface area (Å²) in [6.07, 6.45) is 6.87. The van der Waals surface area contributed by atoms with Crippen molar-refractivity contribution in [2.24, 2.45) is 5.73 Å². The fourth-order valence-electron chi connectivity index (χ4n) is 3.10. The second kappa shape index (κ2) is 9.84. The van der Waals surface area contributed by atoms with E-state index in [0.717, 1.165) is 18.9 Å². The Morgan fingerprint density at radius 1 is 1.27 bits per heavy atom. The maximum absolute atomic E-state index is 11.5. The molecule has 3 heterocycles. The van der Waals surface area contributed by atoms with Crippen LogP contribution in [-0.4, -0.2) is 53.9 Å². The third-order valence-corrected chi connectivity index (χ3v) is 4.75. The standard InChI is InChI=1S/C16H16N6O2.C5H10O/c1-19-11-4-3-8(24-2)5-9(11)13(17)12-7-21-16-14(22-12)10(6-20-16)15(18)23;1-2-4-6-5-3-1/h3-7,17,19H,1-2H3,(H2,18,23)(H,20,21);1-5H2. The number of hydrogen-bond acceptors (Lipinski definition) is 7. The summed E-state index contributed by atoms with van der Waals surface area (Å²) in [4.78, 5) is 22.9. The maximum atomic E-state index is 11.5. The van der Waals surface area contributed by atoms with Crippen LogP contribution in [0.5, 0.6) is 5.75 Å². The number of primary amides is 1. The van der Waals surface area contributed by atoms with Crippen LogP contribution < -0.4 is 15.8 Å². The molecule has 1 aromatic carbocycles. The van der Waals surface area contributed by atoms with Gasteiger partial charge in [0.05, 0.1) is 24.6 Å². The van der Waals surface area contributed by atoms with E-state index in [-0.39, 0.29) is 11.3 Å². The van der Waals surface area contributed by atoms with Crippen LogP contribution in [0.2, 0.25) is 0 Å². The van der Waals surface area contributed by atoms with Crippen LogP contribution in [0.3, 0.4) is 0 Å². The van der Waals surface area contributed by atoms with Crippen LogP contribution in [-0.2, 0) is 4.74 Å². The number of anilines is 1. The van der Waals surface area contributed by atoms with E-state index in [1.54, 1.807) is 26.3 Å². The molecule has 0 radical (unpaired) electrons. The molecule has 1 aliphatic heterocycles. The molecule has 9 heteroatoms. The van der Waals surface area contributed by atoms with E-state index in [9.17, 15) is 4.79 Å². The minimum atomic E-state index is -0.600. The van der Waals surface area contributed by atoms with Gasteiger partial charge in [-0.25, -0.2) is 9.97 Å². The quantitative estimate of drug-likeness (QED) is 0.477. The molecule has 2 aromatic heterocycles. The molecule has 158 valence electrons. The van der Waals surface area contributed by atoms with Crippen LogP contribution in [0.25, 0.3) is 11.2 Å². The maximum Gasteiger partial charge on any atom is 0.252 e. The first kappa shape index (κ1) is 21.3. The minimum Gasteiger partial charge on any atom is -0.497 e. The smallest absolute Gasteiger partial charge is 0.252 e. The number of aromatic amines is 1. The molecular formula is C21H26N6O3. The Morgan fingerprint density at radius 2 is 2.03 bits per heavy atom. The van der Waals surface area contributed by atoms with Crippen molar-refractivity contribution < 1.29 is 14.3 Å². The van der Waals surface area contributed by atoms with E-state index in [4.69, 9.17) is 20.6 Å². The molecule has 1 saturated heterocycles. The number of nitrogens with zero attached hydrogens (tertiary/aromatic N) is 2. The number of ether oxygens (including phenoxy) is 2. The summed E-state index contributed by atoms with van der Waals surface area (Å²) in [5.74, 6) is 0.0266. The number of carbonyl (C=O) groups excluding carboxylic acids is 1. The fourth-order valence-corrected chi connectivity index (χ4v) is 3.10. The van der Waals surface area contributed by atoms with Gasteiger partial charge in [-0.05, 0) is 37.5 Å². The summed E-state index contributed by atoms with van der Waals surface area (Å²) in [7, 11) is 3.33. The fraction of sp³-hybridized carbons (Fsp3) is 0.333. The molecule has 4 rings (SSSR count). The number of rotatable bonds is 5. The van der Waals surface area contributed by atoms with Crippen LogP contribution >= 0.6 is 0 Å².